The van der Waals surface area contributed by atoms with Gasteiger partial charge in [-0.2, -0.15) is 4.31 Å². The van der Waals surface area contributed by atoms with E-state index in [0.29, 0.717) is 29.5 Å². The first-order valence-corrected chi connectivity index (χ1v) is 11.8. The summed E-state index contributed by atoms with van der Waals surface area (Å²) in [5.41, 5.74) is 0.667. The molecular weight excluding hydrogens is 410 g/mol. The highest BCUT2D eigenvalue weighted by molar-refractivity contribution is 7.89. The van der Waals surface area contributed by atoms with Crippen molar-refractivity contribution >= 4 is 33.0 Å². The maximum atomic E-state index is 13.0. The number of hydrogen-bond donors (Lipinski definition) is 1. The quantitative estimate of drug-likeness (QED) is 0.653. The van der Waals surface area contributed by atoms with Crippen molar-refractivity contribution in [2.45, 2.75) is 30.6 Å². The van der Waals surface area contributed by atoms with E-state index in [1.165, 1.54) is 21.7 Å². The number of amides is 1. The van der Waals surface area contributed by atoms with E-state index in [1.54, 1.807) is 42.0 Å². The number of nitrogens with one attached hydrogen (secondary N) is 1. The molecule has 1 aliphatic rings. The van der Waals surface area contributed by atoms with E-state index in [1.807, 2.05) is 0 Å². The van der Waals surface area contributed by atoms with Gasteiger partial charge in [0.15, 0.2) is 10.8 Å². The van der Waals surface area contributed by atoms with E-state index in [4.69, 9.17) is 4.42 Å². The lowest BCUT2D eigenvalue weighted by Gasteiger charge is -2.20. The van der Waals surface area contributed by atoms with Crippen LogP contribution in [0.15, 0.2) is 57.4 Å². The molecule has 152 valence electrons. The van der Waals surface area contributed by atoms with Crippen LogP contribution < -0.4 is 5.32 Å². The number of carbonyl (C=O) groups is 1. The van der Waals surface area contributed by atoms with Gasteiger partial charge in [-0.1, -0.05) is 18.9 Å². The van der Waals surface area contributed by atoms with Crippen LogP contribution >= 0.6 is 11.3 Å². The van der Waals surface area contributed by atoms with Crippen LogP contribution in [0.1, 0.15) is 36.2 Å². The summed E-state index contributed by atoms with van der Waals surface area (Å²) in [6, 6.07) is 9.89. The fourth-order valence-corrected chi connectivity index (χ4v) is 5.58. The first-order chi connectivity index (χ1) is 14.0. The van der Waals surface area contributed by atoms with Gasteiger partial charge in [0, 0.05) is 24.2 Å². The molecule has 0 aliphatic carbocycles. The SMILES string of the molecule is O=C(Nc1cccc(S(=O)(=O)N2CCCCCC2)c1)c1csc(-c2ccco2)n1. The number of nitrogens with zero attached hydrogens (tertiary/aromatic N) is 2. The molecule has 0 saturated carbocycles. The third kappa shape index (κ3) is 4.42. The molecule has 7 nitrogen and oxygen atoms in total. The second-order valence-corrected chi connectivity index (χ2v) is 9.61. The summed E-state index contributed by atoms with van der Waals surface area (Å²) >= 11 is 1.31. The third-order valence-corrected chi connectivity index (χ3v) is 7.51. The maximum Gasteiger partial charge on any atom is 0.275 e. The van der Waals surface area contributed by atoms with Gasteiger partial charge in [0.2, 0.25) is 10.0 Å². The number of furan rings is 1. The topological polar surface area (TPSA) is 92.5 Å². The lowest BCUT2D eigenvalue weighted by Crippen LogP contribution is -2.32. The Labute approximate surface area is 173 Å². The van der Waals surface area contributed by atoms with Gasteiger partial charge in [-0.15, -0.1) is 11.3 Å². The van der Waals surface area contributed by atoms with Crippen LogP contribution in [-0.2, 0) is 10.0 Å². The molecule has 9 heteroatoms. The second-order valence-electron chi connectivity index (χ2n) is 6.82. The lowest BCUT2D eigenvalue weighted by atomic mass is 10.2. The zero-order chi connectivity index (χ0) is 20.3. The molecule has 1 saturated heterocycles. The Hall–Kier alpha value is -2.49. The number of carbonyl (C=O) groups excluding carboxylic acids is 1. The summed E-state index contributed by atoms with van der Waals surface area (Å²) in [6.07, 6.45) is 5.40. The van der Waals surface area contributed by atoms with Gasteiger partial charge in [0.25, 0.3) is 5.91 Å². The molecule has 2 aromatic heterocycles. The molecule has 1 N–H and O–H groups in total. The first kappa shape index (κ1) is 19.8. The van der Waals surface area contributed by atoms with Crippen molar-refractivity contribution in [3.05, 3.63) is 53.7 Å². The number of thiazole rings is 1. The van der Waals surface area contributed by atoms with Gasteiger partial charge in [-0.25, -0.2) is 13.4 Å². The van der Waals surface area contributed by atoms with Gasteiger partial charge in [-0.05, 0) is 43.2 Å². The Morgan fingerprint density at radius 2 is 1.90 bits per heavy atom. The predicted octanol–water partition coefficient (Wildman–Crippen LogP) is 4.22. The molecule has 1 aliphatic heterocycles. The van der Waals surface area contributed by atoms with Crippen LogP contribution in [0.25, 0.3) is 10.8 Å². The van der Waals surface area contributed by atoms with Crippen molar-refractivity contribution in [3.8, 4) is 10.8 Å². The van der Waals surface area contributed by atoms with E-state index in [2.05, 4.69) is 10.3 Å². The molecule has 4 rings (SSSR count). The maximum absolute atomic E-state index is 13.0. The van der Waals surface area contributed by atoms with Gasteiger partial charge in [0.05, 0.1) is 11.2 Å². The summed E-state index contributed by atoms with van der Waals surface area (Å²) in [5.74, 6) is 0.197. The van der Waals surface area contributed by atoms with E-state index in [9.17, 15) is 13.2 Å². The molecular formula is C20H21N3O4S2. The summed E-state index contributed by atoms with van der Waals surface area (Å²) in [6.45, 7) is 1.07. The molecule has 0 bridgehead atoms. The smallest absolute Gasteiger partial charge is 0.275 e. The summed E-state index contributed by atoms with van der Waals surface area (Å²) in [5, 5.41) is 4.99. The normalized spacial score (nSPS) is 15.7. The molecule has 0 spiro atoms. The Bertz CT molecular complexity index is 1080. The molecule has 1 amide bonds. The molecule has 0 atom stereocenters. The Morgan fingerprint density at radius 1 is 1.10 bits per heavy atom. The summed E-state index contributed by atoms with van der Waals surface area (Å²) < 4.78 is 32.8. The third-order valence-electron chi connectivity index (χ3n) is 4.76. The number of sulfonamides is 1. The van der Waals surface area contributed by atoms with Crippen molar-refractivity contribution in [2.75, 3.05) is 18.4 Å². The molecule has 3 heterocycles. The van der Waals surface area contributed by atoms with Gasteiger partial charge in [0.1, 0.15) is 5.69 Å². The highest BCUT2D eigenvalue weighted by Crippen LogP contribution is 2.25. The van der Waals surface area contributed by atoms with Crippen LogP contribution in [0.4, 0.5) is 5.69 Å². The Morgan fingerprint density at radius 3 is 2.62 bits per heavy atom. The highest BCUT2D eigenvalue weighted by Gasteiger charge is 2.25. The summed E-state index contributed by atoms with van der Waals surface area (Å²) in [4.78, 5) is 17.0. The second kappa shape index (κ2) is 8.48. The zero-order valence-electron chi connectivity index (χ0n) is 15.7. The minimum absolute atomic E-state index is 0.187. The minimum atomic E-state index is -3.58. The van der Waals surface area contributed by atoms with Crippen molar-refractivity contribution in [2.24, 2.45) is 0 Å². The minimum Gasteiger partial charge on any atom is -0.462 e. The van der Waals surface area contributed by atoms with Crippen molar-refractivity contribution in [3.63, 3.8) is 0 Å². The molecule has 1 aromatic carbocycles. The van der Waals surface area contributed by atoms with E-state index < -0.39 is 15.9 Å². The van der Waals surface area contributed by atoms with Gasteiger partial charge < -0.3 is 9.73 Å². The fraction of sp³-hybridized carbons (Fsp3) is 0.300. The van der Waals surface area contributed by atoms with Crippen LogP contribution in [0.3, 0.4) is 0 Å². The average Bonchev–Trinajstić information content (AvgIpc) is 3.34. The molecule has 3 aromatic rings. The van der Waals surface area contributed by atoms with Crippen molar-refractivity contribution < 1.29 is 17.6 Å². The molecule has 0 radical (unpaired) electrons. The highest BCUT2D eigenvalue weighted by atomic mass is 32.2. The van der Waals surface area contributed by atoms with Gasteiger partial charge >= 0.3 is 0 Å². The van der Waals surface area contributed by atoms with Crippen LogP contribution in [0.5, 0.6) is 0 Å². The Balaban J connectivity index is 1.51. The largest absolute Gasteiger partial charge is 0.462 e. The molecule has 0 unspecified atom stereocenters. The number of benzene rings is 1. The van der Waals surface area contributed by atoms with Crippen LogP contribution in [-0.4, -0.2) is 36.7 Å². The predicted molar refractivity (Wildman–Crippen MR) is 111 cm³/mol. The molecule has 29 heavy (non-hydrogen) atoms. The summed E-state index contributed by atoms with van der Waals surface area (Å²) in [7, 11) is -3.58. The first-order valence-electron chi connectivity index (χ1n) is 9.45. The van der Waals surface area contributed by atoms with E-state index in [-0.39, 0.29) is 10.6 Å². The van der Waals surface area contributed by atoms with Crippen LogP contribution in [0.2, 0.25) is 0 Å². The Kier molecular flexibility index (Phi) is 5.79. The van der Waals surface area contributed by atoms with Crippen molar-refractivity contribution in [1.82, 2.24) is 9.29 Å². The monoisotopic (exact) mass is 431 g/mol. The zero-order valence-corrected chi connectivity index (χ0v) is 17.3. The van der Waals surface area contributed by atoms with Crippen LogP contribution in [0, 0.1) is 0 Å². The molecule has 1 fully saturated rings. The number of aromatic nitrogens is 1. The van der Waals surface area contributed by atoms with Gasteiger partial charge in [-0.3, -0.25) is 4.79 Å². The van der Waals surface area contributed by atoms with E-state index in [0.717, 1.165) is 25.7 Å². The number of rotatable bonds is 5. The fourth-order valence-electron chi connectivity index (χ4n) is 3.25. The van der Waals surface area contributed by atoms with Crippen molar-refractivity contribution in [1.29, 1.82) is 0 Å². The van der Waals surface area contributed by atoms with E-state index >= 15 is 0 Å². The number of hydrogen-bond acceptors (Lipinski definition) is 6. The standard InChI is InChI=1S/C20H21N3O4S2/c24-19(17-14-28-20(22-17)18-9-6-12-27-18)21-15-7-5-8-16(13-15)29(25,26)23-10-3-1-2-4-11-23/h5-9,12-14H,1-4,10-11H2,(H,21,24). The average molecular weight is 432 g/mol. The lowest BCUT2D eigenvalue weighted by molar-refractivity contribution is 0.102. The number of anilines is 1.